The van der Waals surface area contributed by atoms with Gasteiger partial charge in [0, 0.05) is 18.4 Å². The molecule has 13 nitrogen and oxygen atoms in total. The molecule has 3 aromatic rings. The Balaban J connectivity index is 0. The van der Waals surface area contributed by atoms with Gasteiger partial charge in [-0.2, -0.15) is 5.10 Å². The minimum Gasteiger partial charge on any atom is -0.397 e. The van der Waals surface area contributed by atoms with Crippen LogP contribution >= 0.6 is 0 Å². The summed E-state index contributed by atoms with van der Waals surface area (Å²) in [6, 6.07) is 15.5. The van der Waals surface area contributed by atoms with Crippen molar-refractivity contribution in [2.45, 2.75) is 6.92 Å². The zero-order chi connectivity index (χ0) is 22.1. The van der Waals surface area contributed by atoms with Gasteiger partial charge in [-0.1, -0.05) is 36.4 Å². The first-order valence-electron chi connectivity index (χ1n) is 7.72. The van der Waals surface area contributed by atoms with Crippen molar-refractivity contribution in [1.29, 1.82) is 0 Å². The van der Waals surface area contributed by atoms with Crippen LogP contribution in [0.2, 0.25) is 0 Å². The van der Waals surface area contributed by atoms with E-state index >= 15 is 0 Å². The molecular formula is C16H16CuN6O7. The van der Waals surface area contributed by atoms with Crippen molar-refractivity contribution in [3.8, 4) is 22.8 Å². The van der Waals surface area contributed by atoms with Crippen LogP contribution in [-0.2, 0) is 17.1 Å². The largest absolute Gasteiger partial charge is 2.00 e. The number of aliphatic hydroxyl groups is 1. The van der Waals surface area contributed by atoms with E-state index in [1.165, 1.54) is 0 Å². The van der Waals surface area contributed by atoms with Gasteiger partial charge in [0.05, 0.1) is 22.1 Å². The SMILES string of the molecule is CCO.O=[N+]([O-])[O-].O=[N+]([O-])[O-].[Cu+2].c1ccc(-c2cnnc(-c3ccccn3)n2)cc1. The van der Waals surface area contributed by atoms with Crippen LogP contribution in [0.1, 0.15) is 6.92 Å². The van der Waals surface area contributed by atoms with Gasteiger partial charge in [-0.3, -0.25) is 4.98 Å². The first-order chi connectivity index (χ1) is 13.8. The molecule has 3 rings (SSSR count). The number of hydrogen-bond acceptors (Lipinski definition) is 11. The molecule has 0 aliphatic heterocycles. The number of hydrogen-bond donors (Lipinski definition) is 1. The molecule has 30 heavy (non-hydrogen) atoms. The fourth-order valence-corrected chi connectivity index (χ4v) is 1.66. The second-order valence-corrected chi connectivity index (χ2v) is 4.51. The van der Waals surface area contributed by atoms with Gasteiger partial charge in [0.1, 0.15) is 5.69 Å². The molecule has 0 unspecified atom stereocenters. The Morgan fingerprint density at radius 3 is 1.87 bits per heavy atom. The van der Waals surface area contributed by atoms with E-state index in [0.29, 0.717) is 5.82 Å². The molecule has 1 radical (unpaired) electrons. The quantitative estimate of drug-likeness (QED) is 0.328. The van der Waals surface area contributed by atoms with E-state index in [-0.39, 0.29) is 23.7 Å². The van der Waals surface area contributed by atoms with Crippen LogP contribution < -0.4 is 0 Å². The van der Waals surface area contributed by atoms with E-state index in [0.717, 1.165) is 17.0 Å². The van der Waals surface area contributed by atoms with Gasteiger partial charge < -0.3 is 35.7 Å². The van der Waals surface area contributed by atoms with Crippen LogP contribution in [-0.4, -0.2) is 42.1 Å². The Kier molecular flexibility index (Phi) is 16.5. The molecule has 0 saturated heterocycles. The molecule has 0 atom stereocenters. The molecule has 2 aromatic heterocycles. The van der Waals surface area contributed by atoms with Crippen LogP contribution in [0, 0.1) is 30.6 Å². The van der Waals surface area contributed by atoms with Crippen molar-refractivity contribution in [3.63, 3.8) is 0 Å². The molecule has 14 heteroatoms. The fourth-order valence-electron chi connectivity index (χ4n) is 1.66. The molecule has 0 aliphatic rings. The predicted octanol–water partition coefficient (Wildman–Crippen LogP) is 2.12. The van der Waals surface area contributed by atoms with Gasteiger partial charge in [0.15, 0.2) is 0 Å². The number of aromatic nitrogens is 4. The van der Waals surface area contributed by atoms with Crippen molar-refractivity contribution in [3.05, 3.63) is 91.6 Å². The molecular weight excluding hydrogens is 452 g/mol. The van der Waals surface area contributed by atoms with Crippen LogP contribution in [0.25, 0.3) is 22.8 Å². The van der Waals surface area contributed by atoms with Gasteiger partial charge in [0.25, 0.3) is 0 Å². The standard InChI is InChI=1S/C14H10N4.C2H6O.Cu.2NO3/c1-2-6-11(7-3-1)13-10-16-18-14(17-13)12-8-4-5-9-15-12;1-2-3;;2*2-1(3)4/h1-10H;3H,2H2,1H3;;;/q;;+2;2*-1. The van der Waals surface area contributed by atoms with Crippen molar-refractivity contribution in [2.24, 2.45) is 0 Å². The average molecular weight is 468 g/mol. The van der Waals surface area contributed by atoms with Crippen molar-refractivity contribution < 1.29 is 32.3 Å². The number of rotatable bonds is 2. The van der Waals surface area contributed by atoms with E-state index in [4.69, 9.17) is 35.7 Å². The summed E-state index contributed by atoms with van der Waals surface area (Å²) in [6.45, 7) is 1.93. The summed E-state index contributed by atoms with van der Waals surface area (Å²) in [5, 5.41) is 45.1. The Morgan fingerprint density at radius 2 is 1.40 bits per heavy atom. The normalized spacial score (nSPS) is 8.33. The minimum absolute atomic E-state index is 0. The third-order valence-electron chi connectivity index (χ3n) is 2.52. The average Bonchev–Trinajstić information content (AvgIpc) is 2.69. The molecule has 1 N–H and O–H groups in total. The number of aliphatic hydroxyl groups excluding tert-OH is 1. The van der Waals surface area contributed by atoms with Gasteiger partial charge >= 0.3 is 17.1 Å². The molecule has 1 aromatic carbocycles. The maximum Gasteiger partial charge on any atom is 2.00 e. The minimum atomic E-state index is -1.75. The summed E-state index contributed by atoms with van der Waals surface area (Å²) in [5.41, 5.74) is 2.54. The maximum atomic E-state index is 8.25. The van der Waals surface area contributed by atoms with Gasteiger partial charge in [-0.25, -0.2) is 4.98 Å². The first kappa shape index (κ1) is 28.5. The molecule has 0 amide bonds. The molecule has 2 heterocycles. The number of benzene rings is 1. The third-order valence-corrected chi connectivity index (χ3v) is 2.52. The fraction of sp³-hybridized carbons (Fsp3) is 0.125. The molecule has 0 aliphatic carbocycles. The van der Waals surface area contributed by atoms with Crippen LogP contribution in [0.5, 0.6) is 0 Å². The number of pyridine rings is 1. The maximum absolute atomic E-state index is 8.25. The summed E-state index contributed by atoms with van der Waals surface area (Å²) in [5.74, 6) is 0.539. The molecule has 163 valence electrons. The molecule has 0 fully saturated rings. The van der Waals surface area contributed by atoms with Crippen molar-refractivity contribution >= 4 is 0 Å². The molecule has 0 spiro atoms. The van der Waals surface area contributed by atoms with Crippen molar-refractivity contribution in [1.82, 2.24) is 20.2 Å². The monoisotopic (exact) mass is 467 g/mol. The smallest absolute Gasteiger partial charge is 0.397 e. The zero-order valence-corrected chi connectivity index (χ0v) is 16.3. The van der Waals surface area contributed by atoms with E-state index in [2.05, 4.69) is 20.2 Å². The predicted molar refractivity (Wildman–Crippen MR) is 102 cm³/mol. The zero-order valence-electron chi connectivity index (χ0n) is 15.4. The van der Waals surface area contributed by atoms with Crippen molar-refractivity contribution in [2.75, 3.05) is 6.61 Å². The van der Waals surface area contributed by atoms with Crippen LogP contribution in [0.4, 0.5) is 0 Å². The van der Waals surface area contributed by atoms with Gasteiger partial charge in [-0.15, -0.1) is 5.10 Å². The van der Waals surface area contributed by atoms with E-state index in [9.17, 15) is 0 Å². The number of nitrogens with zero attached hydrogens (tertiary/aromatic N) is 6. The van der Waals surface area contributed by atoms with Gasteiger partial charge in [-0.05, 0) is 19.1 Å². The Labute approximate surface area is 180 Å². The van der Waals surface area contributed by atoms with Crippen LogP contribution in [0.15, 0.2) is 60.9 Å². The second-order valence-electron chi connectivity index (χ2n) is 4.51. The summed E-state index contributed by atoms with van der Waals surface area (Å²) in [6.07, 6.45) is 3.37. The summed E-state index contributed by atoms with van der Waals surface area (Å²) in [4.78, 5) is 25.2. The summed E-state index contributed by atoms with van der Waals surface area (Å²) < 4.78 is 0. The third kappa shape index (κ3) is 14.3. The Bertz CT molecular complexity index is 784. The van der Waals surface area contributed by atoms with E-state index in [1.807, 2.05) is 48.5 Å². The Hall–Kier alpha value is -3.74. The van der Waals surface area contributed by atoms with Crippen LogP contribution in [0.3, 0.4) is 0 Å². The summed E-state index contributed by atoms with van der Waals surface area (Å²) >= 11 is 0. The molecule has 0 saturated carbocycles. The first-order valence-corrected chi connectivity index (χ1v) is 7.72. The van der Waals surface area contributed by atoms with Gasteiger partial charge in [0.2, 0.25) is 5.82 Å². The Morgan fingerprint density at radius 1 is 0.900 bits per heavy atom. The van der Waals surface area contributed by atoms with E-state index < -0.39 is 10.2 Å². The second kappa shape index (κ2) is 17.4. The molecule has 0 bridgehead atoms. The topological polar surface area (TPSA) is 204 Å². The summed E-state index contributed by atoms with van der Waals surface area (Å²) in [7, 11) is 0. The van der Waals surface area contributed by atoms with E-state index in [1.54, 1.807) is 19.3 Å².